The summed E-state index contributed by atoms with van der Waals surface area (Å²) in [5, 5.41) is 0. The van der Waals surface area contributed by atoms with Crippen molar-refractivity contribution in [1.29, 1.82) is 0 Å². The summed E-state index contributed by atoms with van der Waals surface area (Å²) < 4.78 is 4.99. The van der Waals surface area contributed by atoms with E-state index in [1.165, 1.54) is 0 Å². The van der Waals surface area contributed by atoms with Gasteiger partial charge in [-0.2, -0.15) is 0 Å². The Kier molecular flexibility index (Phi) is 9.17. The van der Waals surface area contributed by atoms with Crippen molar-refractivity contribution in [3.8, 4) is 0 Å². The average molecular weight is 279 g/mol. The van der Waals surface area contributed by atoms with Gasteiger partial charge in [-0.15, -0.1) is 0 Å². The second kappa shape index (κ2) is 9.20. The molecule has 90 valence electrons. The van der Waals surface area contributed by atoms with Gasteiger partial charge in [-0.1, -0.05) is 42.6 Å². The topological polar surface area (TPSA) is 26.3 Å². The van der Waals surface area contributed by atoms with Crippen LogP contribution in [-0.4, -0.2) is 17.4 Å². The maximum atomic E-state index is 11.4. The summed E-state index contributed by atoms with van der Waals surface area (Å²) in [6.07, 6.45) is 5.05. The summed E-state index contributed by atoms with van der Waals surface area (Å²) in [5.41, 5.74) is 0. The van der Waals surface area contributed by atoms with Gasteiger partial charge < -0.3 is 4.74 Å². The van der Waals surface area contributed by atoms with Crippen LogP contribution in [0, 0.1) is 5.92 Å². The van der Waals surface area contributed by atoms with Gasteiger partial charge in [0.2, 0.25) is 0 Å². The van der Waals surface area contributed by atoms with E-state index in [-0.39, 0.29) is 5.97 Å². The normalized spacial score (nSPS) is 14.7. The van der Waals surface area contributed by atoms with Crippen molar-refractivity contribution in [1.82, 2.24) is 0 Å². The van der Waals surface area contributed by atoms with Crippen molar-refractivity contribution in [2.24, 2.45) is 5.92 Å². The lowest BCUT2D eigenvalue weighted by Crippen LogP contribution is -2.19. The first-order valence-electron chi connectivity index (χ1n) is 5.95. The highest BCUT2D eigenvalue weighted by atomic mass is 79.9. The first kappa shape index (κ1) is 14.9. The molecule has 0 aliphatic rings. The molecule has 0 rings (SSSR count). The Morgan fingerprint density at radius 1 is 1.20 bits per heavy atom. The van der Waals surface area contributed by atoms with Crippen LogP contribution in [0.1, 0.15) is 52.9 Å². The molecule has 0 bridgehead atoms. The van der Waals surface area contributed by atoms with Crippen LogP contribution in [-0.2, 0) is 9.53 Å². The molecule has 3 heteroatoms. The molecule has 0 saturated heterocycles. The fourth-order valence-electron chi connectivity index (χ4n) is 1.73. The average Bonchev–Trinajstić information content (AvgIpc) is 2.18. The Hall–Kier alpha value is -0.0500. The second-order valence-corrected chi connectivity index (χ2v) is 5.04. The van der Waals surface area contributed by atoms with Crippen molar-refractivity contribution in [3.05, 3.63) is 0 Å². The van der Waals surface area contributed by atoms with Gasteiger partial charge in [-0.05, 0) is 25.7 Å². The Balaban J connectivity index is 4.07. The standard InChI is InChI=1S/C12H23BrO2/c1-4-7-10(11(13)8-5-2)9-12(14)15-6-3/h10-11H,4-9H2,1-3H3. The third-order valence-corrected chi connectivity index (χ3v) is 3.68. The first-order chi connectivity index (χ1) is 7.15. The summed E-state index contributed by atoms with van der Waals surface area (Å²) in [7, 11) is 0. The van der Waals surface area contributed by atoms with Crippen LogP contribution in [0.4, 0.5) is 0 Å². The largest absolute Gasteiger partial charge is 0.466 e. The Bertz CT molecular complexity index is 171. The minimum Gasteiger partial charge on any atom is -0.466 e. The van der Waals surface area contributed by atoms with Gasteiger partial charge in [-0.3, -0.25) is 4.79 Å². The molecular formula is C12H23BrO2. The molecule has 2 unspecified atom stereocenters. The number of rotatable bonds is 8. The molecule has 2 atom stereocenters. The molecule has 0 aliphatic heterocycles. The Morgan fingerprint density at radius 3 is 2.27 bits per heavy atom. The van der Waals surface area contributed by atoms with E-state index in [0.29, 0.717) is 23.8 Å². The molecule has 0 fully saturated rings. The maximum absolute atomic E-state index is 11.4. The predicted octanol–water partition coefficient (Wildman–Crippen LogP) is 3.92. The van der Waals surface area contributed by atoms with Gasteiger partial charge in [0.05, 0.1) is 6.61 Å². The third-order valence-electron chi connectivity index (χ3n) is 2.47. The number of hydrogen-bond donors (Lipinski definition) is 0. The maximum Gasteiger partial charge on any atom is 0.306 e. The number of halogens is 1. The lowest BCUT2D eigenvalue weighted by atomic mass is 9.94. The van der Waals surface area contributed by atoms with Gasteiger partial charge >= 0.3 is 5.97 Å². The highest BCUT2D eigenvalue weighted by Gasteiger charge is 2.21. The summed E-state index contributed by atoms with van der Waals surface area (Å²) in [4.78, 5) is 11.8. The van der Waals surface area contributed by atoms with Crippen LogP contribution in [0.25, 0.3) is 0 Å². The SMILES string of the molecule is CCCC(Br)C(CCC)CC(=O)OCC. The van der Waals surface area contributed by atoms with Crippen LogP contribution in [0.2, 0.25) is 0 Å². The van der Waals surface area contributed by atoms with Gasteiger partial charge in [0.25, 0.3) is 0 Å². The second-order valence-electron chi connectivity index (χ2n) is 3.86. The fraction of sp³-hybridized carbons (Fsp3) is 0.917. The molecule has 0 heterocycles. The highest BCUT2D eigenvalue weighted by molar-refractivity contribution is 9.09. The van der Waals surface area contributed by atoms with Crippen molar-refractivity contribution in [2.75, 3.05) is 6.61 Å². The monoisotopic (exact) mass is 278 g/mol. The molecule has 0 aromatic rings. The van der Waals surface area contributed by atoms with E-state index < -0.39 is 0 Å². The van der Waals surface area contributed by atoms with E-state index in [2.05, 4.69) is 29.8 Å². The molecule has 2 nitrogen and oxygen atoms in total. The summed E-state index contributed by atoms with van der Waals surface area (Å²) in [5.74, 6) is 0.366. The molecular weight excluding hydrogens is 256 g/mol. The summed E-state index contributed by atoms with van der Waals surface area (Å²) >= 11 is 3.68. The zero-order chi connectivity index (χ0) is 11.7. The molecule has 0 saturated carbocycles. The number of hydrogen-bond acceptors (Lipinski definition) is 2. The number of esters is 1. The van der Waals surface area contributed by atoms with E-state index in [4.69, 9.17) is 4.74 Å². The molecule has 0 spiro atoms. The van der Waals surface area contributed by atoms with Gasteiger partial charge in [0, 0.05) is 11.2 Å². The lowest BCUT2D eigenvalue weighted by Gasteiger charge is -2.20. The van der Waals surface area contributed by atoms with Crippen molar-refractivity contribution < 1.29 is 9.53 Å². The number of ether oxygens (including phenoxy) is 1. The fourth-order valence-corrected chi connectivity index (χ4v) is 2.64. The van der Waals surface area contributed by atoms with Crippen molar-refractivity contribution in [3.63, 3.8) is 0 Å². The summed E-state index contributed by atoms with van der Waals surface area (Å²) in [6, 6.07) is 0. The minimum atomic E-state index is -0.0588. The van der Waals surface area contributed by atoms with E-state index >= 15 is 0 Å². The van der Waals surface area contributed by atoms with Gasteiger partial charge in [0.1, 0.15) is 0 Å². The quantitative estimate of drug-likeness (QED) is 0.497. The van der Waals surface area contributed by atoms with E-state index in [1.54, 1.807) is 0 Å². The van der Waals surface area contributed by atoms with Crippen LogP contribution in [0.15, 0.2) is 0 Å². The molecule has 0 aromatic heterocycles. The molecule has 0 N–H and O–H groups in total. The number of alkyl halides is 1. The Labute approximate surface area is 102 Å². The van der Waals surface area contributed by atoms with E-state index in [0.717, 1.165) is 25.7 Å². The minimum absolute atomic E-state index is 0.0588. The molecule has 0 aromatic carbocycles. The van der Waals surface area contributed by atoms with Crippen molar-refractivity contribution in [2.45, 2.75) is 57.7 Å². The van der Waals surface area contributed by atoms with Gasteiger partial charge in [0.15, 0.2) is 0 Å². The zero-order valence-corrected chi connectivity index (χ0v) is 11.7. The third kappa shape index (κ3) is 6.93. The van der Waals surface area contributed by atoms with Gasteiger partial charge in [-0.25, -0.2) is 0 Å². The zero-order valence-electron chi connectivity index (χ0n) is 10.1. The number of carbonyl (C=O) groups is 1. The molecule has 15 heavy (non-hydrogen) atoms. The smallest absolute Gasteiger partial charge is 0.306 e. The first-order valence-corrected chi connectivity index (χ1v) is 6.86. The molecule has 0 radical (unpaired) electrons. The highest BCUT2D eigenvalue weighted by Crippen LogP contribution is 2.26. The Morgan fingerprint density at radius 2 is 1.80 bits per heavy atom. The summed E-state index contributed by atoms with van der Waals surface area (Å²) in [6.45, 7) is 6.66. The van der Waals surface area contributed by atoms with Crippen LogP contribution < -0.4 is 0 Å². The van der Waals surface area contributed by atoms with Crippen LogP contribution in [0.3, 0.4) is 0 Å². The van der Waals surface area contributed by atoms with E-state index in [1.807, 2.05) is 6.92 Å². The van der Waals surface area contributed by atoms with Crippen LogP contribution in [0.5, 0.6) is 0 Å². The lowest BCUT2D eigenvalue weighted by molar-refractivity contribution is -0.144. The van der Waals surface area contributed by atoms with E-state index in [9.17, 15) is 4.79 Å². The van der Waals surface area contributed by atoms with Crippen molar-refractivity contribution >= 4 is 21.9 Å². The molecule has 0 aliphatic carbocycles. The molecule has 0 amide bonds. The van der Waals surface area contributed by atoms with Crippen LogP contribution >= 0.6 is 15.9 Å². The number of carbonyl (C=O) groups excluding carboxylic acids is 1. The predicted molar refractivity (Wildman–Crippen MR) is 67.3 cm³/mol.